The van der Waals surface area contributed by atoms with Gasteiger partial charge in [0, 0.05) is 6.54 Å². The maximum Gasteiger partial charge on any atom is 0.317 e. The monoisotopic (exact) mass is 173 g/mol. The second kappa shape index (κ2) is 5.14. The standard InChI is InChI=1S/C9H19NO2/c1-4-5-9(2,3)7-10-6-8(11)12/h10H,4-7H2,1-3H3,(H,11,12). The summed E-state index contributed by atoms with van der Waals surface area (Å²) in [5.41, 5.74) is 0.212. The van der Waals surface area contributed by atoms with Crippen LogP contribution in [0.2, 0.25) is 0 Å². The van der Waals surface area contributed by atoms with E-state index < -0.39 is 5.97 Å². The Bertz CT molecular complexity index is 143. The molecule has 0 saturated carbocycles. The number of carboxylic acid groups (broad SMARTS) is 1. The van der Waals surface area contributed by atoms with Gasteiger partial charge in [0.1, 0.15) is 0 Å². The lowest BCUT2D eigenvalue weighted by Gasteiger charge is -2.23. The number of hydrogen-bond acceptors (Lipinski definition) is 2. The van der Waals surface area contributed by atoms with Gasteiger partial charge in [0.05, 0.1) is 6.54 Å². The summed E-state index contributed by atoms with van der Waals surface area (Å²) in [6, 6.07) is 0. The van der Waals surface area contributed by atoms with Crippen LogP contribution in [0.25, 0.3) is 0 Å². The van der Waals surface area contributed by atoms with Crippen LogP contribution in [0.4, 0.5) is 0 Å². The molecule has 0 spiro atoms. The summed E-state index contributed by atoms with van der Waals surface area (Å²) in [5, 5.41) is 11.3. The maximum absolute atomic E-state index is 10.2. The quantitative estimate of drug-likeness (QED) is 0.639. The average Bonchev–Trinajstić information content (AvgIpc) is 1.85. The minimum atomic E-state index is -0.790. The molecule has 0 fully saturated rings. The van der Waals surface area contributed by atoms with E-state index in [1.54, 1.807) is 0 Å². The third-order valence-electron chi connectivity index (χ3n) is 1.81. The van der Waals surface area contributed by atoms with Gasteiger partial charge < -0.3 is 10.4 Å². The summed E-state index contributed by atoms with van der Waals surface area (Å²) >= 11 is 0. The number of hydrogen-bond donors (Lipinski definition) is 2. The van der Waals surface area contributed by atoms with E-state index in [-0.39, 0.29) is 12.0 Å². The van der Waals surface area contributed by atoms with Crippen molar-refractivity contribution in [2.45, 2.75) is 33.6 Å². The number of nitrogens with one attached hydrogen (secondary N) is 1. The molecule has 0 aliphatic rings. The molecular weight excluding hydrogens is 154 g/mol. The van der Waals surface area contributed by atoms with E-state index in [9.17, 15) is 4.79 Å². The van der Waals surface area contributed by atoms with Crippen molar-refractivity contribution in [3.05, 3.63) is 0 Å². The van der Waals surface area contributed by atoms with E-state index in [1.807, 2.05) is 0 Å². The Kier molecular flexibility index (Phi) is 4.90. The van der Waals surface area contributed by atoms with Crippen LogP contribution in [0, 0.1) is 5.41 Å². The second-order valence-electron chi connectivity index (χ2n) is 3.91. The van der Waals surface area contributed by atoms with E-state index in [1.165, 1.54) is 0 Å². The average molecular weight is 173 g/mol. The number of carboxylic acids is 1. The highest BCUT2D eigenvalue weighted by Crippen LogP contribution is 2.20. The lowest BCUT2D eigenvalue weighted by atomic mass is 9.88. The molecule has 3 heteroatoms. The molecule has 0 aliphatic carbocycles. The topological polar surface area (TPSA) is 49.3 Å². The Labute approximate surface area is 74.2 Å². The smallest absolute Gasteiger partial charge is 0.317 e. The molecule has 0 aliphatic heterocycles. The van der Waals surface area contributed by atoms with Crippen molar-refractivity contribution >= 4 is 5.97 Å². The van der Waals surface area contributed by atoms with E-state index in [0.717, 1.165) is 19.4 Å². The number of carbonyl (C=O) groups is 1. The van der Waals surface area contributed by atoms with Gasteiger partial charge in [0.25, 0.3) is 0 Å². The molecule has 0 aromatic rings. The first-order chi connectivity index (χ1) is 5.48. The zero-order chi connectivity index (χ0) is 9.61. The molecule has 0 aromatic carbocycles. The van der Waals surface area contributed by atoms with E-state index >= 15 is 0 Å². The summed E-state index contributed by atoms with van der Waals surface area (Å²) < 4.78 is 0. The Balaban J connectivity index is 3.53. The molecule has 0 atom stereocenters. The Hall–Kier alpha value is -0.570. The molecule has 0 heterocycles. The van der Waals surface area contributed by atoms with Crippen molar-refractivity contribution in [2.24, 2.45) is 5.41 Å². The van der Waals surface area contributed by atoms with Crippen LogP contribution in [0.3, 0.4) is 0 Å². The molecule has 0 bridgehead atoms. The van der Waals surface area contributed by atoms with Crippen molar-refractivity contribution in [1.82, 2.24) is 5.32 Å². The predicted molar refractivity (Wildman–Crippen MR) is 49.2 cm³/mol. The fourth-order valence-electron chi connectivity index (χ4n) is 1.27. The van der Waals surface area contributed by atoms with Crippen LogP contribution >= 0.6 is 0 Å². The van der Waals surface area contributed by atoms with E-state index in [0.29, 0.717) is 0 Å². The molecule has 0 amide bonds. The zero-order valence-corrected chi connectivity index (χ0v) is 8.18. The minimum absolute atomic E-state index is 0.0626. The predicted octanol–water partition coefficient (Wildman–Crippen LogP) is 1.49. The summed E-state index contributed by atoms with van der Waals surface area (Å²) in [6.07, 6.45) is 2.27. The molecule has 72 valence electrons. The summed E-state index contributed by atoms with van der Waals surface area (Å²) in [6.45, 7) is 7.26. The van der Waals surface area contributed by atoms with Gasteiger partial charge in [-0.3, -0.25) is 4.79 Å². The largest absolute Gasteiger partial charge is 0.480 e. The van der Waals surface area contributed by atoms with Crippen LogP contribution < -0.4 is 5.32 Å². The molecule has 3 nitrogen and oxygen atoms in total. The van der Waals surface area contributed by atoms with Crippen LogP contribution in [0.5, 0.6) is 0 Å². The highest BCUT2D eigenvalue weighted by atomic mass is 16.4. The van der Waals surface area contributed by atoms with Gasteiger partial charge in [0.15, 0.2) is 0 Å². The third-order valence-corrected chi connectivity index (χ3v) is 1.81. The lowest BCUT2D eigenvalue weighted by molar-refractivity contribution is -0.136. The van der Waals surface area contributed by atoms with Gasteiger partial charge in [0.2, 0.25) is 0 Å². The van der Waals surface area contributed by atoms with Gasteiger partial charge in [-0.1, -0.05) is 27.2 Å². The second-order valence-corrected chi connectivity index (χ2v) is 3.91. The zero-order valence-electron chi connectivity index (χ0n) is 8.18. The molecule has 12 heavy (non-hydrogen) atoms. The molecule has 0 saturated heterocycles. The first-order valence-corrected chi connectivity index (χ1v) is 4.40. The molecule has 0 radical (unpaired) electrons. The van der Waals surface area contributed by atoms with Crippen molar-refractivity contribution in [1.29, 1.82) is 0 Å². The van der Waals surface area contributed by atoms with Crippen molar-refractivity contribution in [2.75, 3.05) is 13.1 Å². The van der Waals surface area contributed by atoms with Crippen molar-refractivity contribution in [3.8, 4) is 0 Å². The fourth-order valence-corrected chi connectivity index (χ4v) is 1.27. The maximum atomic E-state index is 10.2. The number of aliphatic carboxylic acids is 1. The fraction of sp³-hybridized carbons (Fsp3) is 0.889. The summed E-state index contributed by atoms with van der Waals surface area (Å²) in [7, 11) is 0. The SMILES string of the molecule is CCCC(C)(C)CNCC(=O)O. The Morgan fingerprint density at radius 2 is 2.08 bits per heavy atom. The first kappa shape index (κ1) is 11.4. The van der Waals surface area contributed by atoms with E-state index in [4.69, 9.17) is 5.11 Å². The summed E-state index contributed by atoms with van der Waals surface area (Å²) in [4.78, 5) is 10.2. The van der Waals surface area contributed by atoms with Gasteiger partial charge in [-0.15, -0.1) is 0 Å². The third kappa shape index (κ3) is 6.16. The minimum Gasteiger partial charge on any atom is -0.480 e. The van der Waals surface area contributed by atoms with Gasteiger partial charge in [-0.05, 0) is 11.8 Å². The Morgan fingerprint density at radius 3 is 2.50 bits per heavy atom. The van der Waals surface area contributed by atoms with Gasteiger partial charge in [-0.25, -0.2) is 0 Å². The normalized spacial score (nSPS) is 11.6. The molecule has 0 unspecified atom stereocenters. The molecular formula is C9H19NO2. The van der Waals surface area contributed by atoms with Crippen molar-refractivity contribution in [3.63, 3.8) is 0 Å². The van der Waals surface area contributed by atoms with Crippen LogP contribution in [-0.2, 0) is 4.79 Å². The molecule has 0 rings (SSSR count). The van der Waals surface area contributed by atoms with Crippen LogP contribution in [0.15, 0.2) is 0 Å². The van der Waals surface area contributed by atoms with E-state index in [2.05, 4.69) is 26.1 Å². The molecule has 2 N–H and O–H groups in total. The van der Waals surface area contributed by atoms with Crippen molar-refractivity contribution < 1.29 is 9.90 Å². The lowest BCUT2D eigenvalue weighted by Crippen LogP contribution is -2.32. The Morgan fingerprint density at radius 1 is 1.50 bits per heavy atom. The first-order valence-electron chi connectivity index (χ1n) is 4.40. The highest BCUT2D eigenvalue weighted by molar-refractivity contribution is 5.68. The van der Waals surface area contributed by atoms with Gasteiger partial charge >= 0.3 is 5.97 Å². The number of rotatable bonds is 6. The van der Waals surface area contributed by atoms with Crippen LogP contribution in [0.1, 0.15) is 33.6 Å². The van der Waals surface area contributed by atoms with Crippen LogP contribution in [-0.4, -0.2) is 24.2 Å². The molecule has 0 aromatic heterocycles. The summed E-state index contributed by atoms with van der Waals surface area (Å²) in [5.74, 6) is -0.790. The van der Waals surface area contributed by atoms with Gasteiger partial charge in [-0.2, -0.15) is 0 Å². The highest BCUT2D eigenvalue weighted by Gasteiger charge is 2.15.